The zero-order valence-electron chi connectivity index (χ0n) is 9.28. The minimum atomic E-state index is -0.165. The number of rotatable bonds is 0. The molecule has 3 nitrogen and oxygen atoms in total. The van der Waals surface area contributed by atoms with E-state index in [1.807, 2.05) is 12.1 Å². The topological polar surface area (TPSA) is 47.6 Å². The predicted octanol–water partition coefficient (Wildman–Crippen LogP) is 2.33. The minimum absolute atomic E-state index is 0. The summed E-state index contributed by atoms with van der Waals surface area (Å²) >= 11 is 6.22. The van der Waals surface area contributed by atoms with Crippen molar-refractivity contribution in [3.63, 3.8) is 0 Å². The number of benzene rings is 1. The van der Waals surface area contributed by atoms with Crippen molar-refractivity contribution in [2.75, 3.05) is 6.61 Å². The first-order valence-electron chi connectivity index (χ1n) is 5.43. The number of nitrogens with zero attached hydrogens (tertiary/aromatic N) is 1. The van der Waals surface area contributed by atoms with E-state index in [4.69, 9.17) is 22.1 Å². The average Bonchev–Trinajstić information content (AvgIpc) is 2.62. The molecule has 0 unspecified atom stereocenters. The fourth-order valence-electron chi connectivity index (χ4n) is 2.55. The van der Waals surface area contributed by atoms with Gasteiger partial charge in [0.15, 0.2) is 0 Å². The molecule has 0 fully saturated rings. The van der Waals surface area contributed by atoms with Crippen LogP contribution in [0.4, 0.5) is 0 Å². The van der Waals surface area contributed by atoms with Crippen LogP contribution in [0.1, 0.15) is 17.5 Å². The minimum Gasteiger partial charge on any atom is -0.463 e. The lowest BCUT2D eigenvalue weighted by molar-refractivity contribution is 0.235. The molecule has 0 radical (unpaired) electrons. The van der Waals surface area contributed by atoms with Gasteiger partial charge in [-0.25, -0.2) is 4.99 Å². The van der Waals surface area contributed by atoms with E-state index in [0.717, 1.165) is 24.3 Å². The second kappa shape index (κ2) is 4.39. The highest BCUT2D eigenvalue weighted by Crippen LogP contribution is 2.37. The Bertz CT molecular complexity index is 476. The molecule has 0 amide bonds. The first-order valence-corrected chi connectivity index (χ1v) is 5.81. The zero-order valence-corrected chi connectivity index (χ0v) is 10.9. The molecule has 1 spiro atoms. The Morgan fingerprint density at radius 3 is 2.94 bits per heavy atom. The number of ether oxygens (including phenoxy) is 1. The van der Waals surface area contributed by atoms with Gasteiger partial charge >= 0.3 is 0 Å². The van der Waals surface area contributed by atoms with Crippen LogP contribution in [0.3, 0.4) is 0 Å². The van der Waals surface area contributed by atoms with Crippen LogP contribution in [0.25, 0.3) is 0 Å². The molecule has 0 saturated carbocycles. The van der Waals surface area contributed by atoms with Crippen LogP contribution in [-0.2, 0) is 17.6 Å². The third-order valence-corrected chi connectivity index (χ3v) is 3.77. The summed E-state index contributed by atoms with van der Waals surface area (Å²) in [4.78, 5) is 4.43. The van der Waals surface area contributed by atoms with E-state index in [1.54, 1.807) is 0 Å². The number of nitrogens with two attached hydrogens (primary N) is 1. The Hall–Kier alpha value is -0.930. The van der Waals surface area contributed by atoms with E-state index in [-0.39, 0.29) is 17.9 Å². The van der Waals surface area contributed by atoms with Crippen LogP contribution in [0.5, 0.6) is 0 Å². The van der Waals surface area contributed by atoms with Crippen molar-refractivity contribution in [3.05, 3.63) is 34.3 Å². The average molecular weight is 273 g/mol. The molecular weight excluding hydrogens is 259 g/mol. The molecule has 0 saturated heterocycles. The standard InChI is InChI=1S/C12H13ClN2O.ClH/c13-10-3-1-2-8-4-5-12(6-9(8)10)7-16-11(14)15-12;/h1-3H,4-7H2,(H2,14,15);1H/t12-;/m0./s1. The van der Waals surface area contributed by atoms with Crippen LogP contribution in [0.2, 0.25) is 5.02 Å². The lowest BCUT2D eigenvalue weighted by atomic mass is 9.79. The smallest absolute Gasteiger partial charge is 0.282 e. The number of amidine groups is 1. The summed E-state index contributed by atoms with van der Waals surface area (Å²) in [6.45, 7) is 0.587. The third kappa shape index (κ3) is 2.09. The van der Waals surface area contributed by atoms with Gasteiger partial charge < -0.3 is 10.5 Å². The summed E-state index contributed by atoms with van der Waals surface area (Å²) in [5, 5.41) is 0.831. The molecule has 3 rings (SSSR count). The van der Waals surface area contributed by atoms with Gasteiger partial charge in [0.05, 0.1) is 0 Å². The van der Waals surface area contributed by atoms with Gasteiger partial charge in [0, 0.05) is 11.4 Å². The van der Waals surface area contributed by atoms with E-state index < -0.39 is 0 Å². The SMILES string of the molecule is Cl.NC1=N[C@]2(CCc3cccc(Cl)c3C2)CO1. The maximum absolute atomic E-state index is 6.22. The maximum atomic E-state index is 6.22. The van der Waals surface area contributed by atoms with Gasteiger partial charge in [0.25, 0.3) is 6.02 Å². The van der Waals surface area contributed by atoms with Gasteiger partial charge in [-0.05, 0) is 30.0 Å². The molecule has 1 heterocycles. The summed E-state index contributed by atoms with van der Waals surface area (Å²) in [6, 6.07) is 6.39. The van der Waals surface area contributed by atoms with E-state index in [0.29, 0.717) is 12.6 Å². The summed E-state index contributed by atoms with van der Waals surface area (Å²) in [6.07, 6.45) is 2.82. The van der Waals surface area contributed by atoms with Crippen LogP contribution in [0.15, 0.2) is 23.2 Å². The van der Waals surface area contributed by atoms with Gasteiger partial charge in [-0.15, -0.1) is 12.4 Å². The first-order chi connectivity index (χ1) is 7.69. The highest BCUT2D eigenvalue weighted by molar-refractivity contribution is 6.31. The van der Waals surface area contributed by atoms with Crippen LogP contribution in [-0.4, -0.2) is 18.2 Å². The number of hydrogen-bond acceptors (Lipinski definition) is 3. The lowest BCUT2D eigenvalue weighted by Crippen LogP contribution is -2.35. The molecular formula is C12H14Cl2N2O. The van der Waals surface area contributed by atoms with E-state index in [9.17, 15) is 0 Å². The second-order valence-electron chi connectivity index (χ2n) is 4.52. The van der Waals surface area contributed by atoms with Crippen LogP contribution in [0, 0.1) is 0 Å². The van der Waals surface area contributed by atoms with Crippen molar-refractivity contribution < 1.29 is 4.74 Å². The molecule has 1 aliphatic heterocycles. The third-order valence-electron chi connectivity index (χ3n) is 3.42. The fourth-order valence-corrected chi connectivity index (χ4v) is 2.81. The van der Waals surface area contributed by atoms with Crippen molar-refractivity contribution in [2.45, 2.75) is 24.8 Å². The van der Waals surface area contributed by atoms with E-state index >= 15 is 0 Å². The molecule has 2 N–H and O–H groups in total. The molecule has 17 heavy (non-hydrogen) atoms. The predicted molar refractivity (Wildman–Crippen MR) is 71.0 cm³/mol. The largest absolute Gasteiger partial charge is 0.463 e. The molecule has 0 aromatic heterocycles. The highest BCUT2D eigenvalue weighted by atomic mass is 35.5. The monoisotopic (exact) mass is 272 g/mol. The summed E-state index contributed by atoms with van der Waals surface area (Å²) < 4.78 is 5.29. The fraction of sp³-hybridized carbons (Fsp3) is 0.417. The Balaban J connectivity index is 0.00000108. The lowest BCUT2D eigenvalue weighted by Gasteiger charge is -2.30. The van der Waals surface area contributed by atoms with Crippen LogP contribution >= 0.6 is 24.0 Å². The molecule has 2 aliphatic rings. The molecule has 1 aliphatic carbocycles. The van der Waals surface area contributed by atoms with E-state index in [2.05, 4.69) is 11.1 Å². The summed E-state index contributed by atoms with van der Waals surface area (Å²) in [7, 11) is 0. The molecule has 5 heteroatoms. The highest BCUT2D eigenvalue weighted by Gasteiger charge is 2.39. The van der Waals surface area contributed by atoms with Crippen molar-refractivity contribution in [1.82, 2.24) is 0 Å². The zero-order chi connectivity index (χ0) is 11.2. The van der Waals surface area contributed by atoms with Gasteiger partial charge in [-0.2, -0.15) is 0 Å². The Morgan fingerprint density at radius 1 is 1.41 bits per heavy atom. The quantitative estimate of drug-likeness (QED) is 0.788. The molecule has 1 aromatic carbocycles. The Morgan fingerprint density at radius 2 is 2.24 bits per heavy atom. The number of hydrogen-bond donors (Lipinski definition) is 1. The Labute approximate surface area is 111 Å². The van der Waals surface area contributed by atoms with Gasteiger partial charge in [0.2, 0.25) is 0 Å². The number of fused-ring (bicyclic) bond motifs is 1. The van der Waals surface area contributed by atoms with Gasteiger partial charge in [-0.3, -0.25) is 0 Å². The van der Waals surface area contributed by atoms with Crippen LogP contribution < -0.4 is 5.73 Å². The van der Waals surface area contributed by atoms with Gasteiger partial charge in [0.1, 0.15) is 12.1 Å². The normalized spacial score (nSPS) is 25.8. The first kappa shape index (κ1) is 12.5. The summed E-state index contributed by atoms with van der Waals surface area (Å²) in [5.41, 5.74) is 7.97. The maximum Gasteiger partial charge on any atom is 0.282 e. The van der Waals surface area contributed by atoms with Crippen molar-refractivity contribution in [2.24, 2.45) is 10.7 Å². The Kier molecular flexibility index (Phi) is 3.23. The number of aliphatic imine (C=N–C) groups is 1. The second-order valence-corrected chi connectivity index (χ2v) is 4.92. The van der Waals surface area contributed by atoms with Gasteiger partial charge in [-0.1, -0.05) is 23.7 Å². The molecule has 0 bridgehead atoms. The molecule has 1 aromatic rings. The van der Waals surface area contributed by atoms with Crippen molar-refractivity contribution in [1.29, 1.82) is 0 Å². The van der Waals surface area contributed by atoms with Crippen molar-refractivity contribution in [3.8, 4) is 0 Å². The van der Waals surface area contributed by atoms with E-state index in [1.165, 1.54) is 11.1 Å². The molecule has 1 atom stereocenters. The molecule has 92 valence electrons. The number of halogens is 2. The number of aryl methyl sites for hydroxylation is 1. The summed E-state index contributed by atoms with van der Waals surface area (Å²) in [5.74, 6) is 0. The van der Waals surface area contributed by atoms with Crippen molar-refractivity contribution >= 4 is 30.0 Å².